The van der Waals surface area contributed by atoms with Gasteiger partial charge >= 0.3 is 0 Å². The summed E-state index contributed by atoms with van der Waals surface area (Å²) in [4.78, 5) is 3.95. The summed E-state index contributed by atoms with van der Waals surface area (Å²) < 4.78 is 6.70. The first kappa shape index (κ1) is 6.61. The van der Waals surface area contributed by atoms with Crippen molar-refractivity contribution in [1.82, 2.24) is 3.93 Å². The molecule has 1 aliphatic heterocycles. The van der Waals surface area contributed by atoms with Gasteiger partial charge < -0.3 is 4.74 Å². The number of nitrogens with zero attached hydrogens (tertiary/aromatic N) is 2. The Morgan fingerprint density at radius 3 is 3.11 bits per heavy atom. The van der Waals surface area contributed by atoms with Gasteiger partial charge in [0.05, 0.1) is 23.3 Å². The maximum absolute atomic E-state index is 4.95. The molecule has 1 heterocycles. The van der Waals surface area contributed by atoms with E-state index in [0.717, 1.165) is 5.88 Å². The quantitative estimate of drug-likeness (QED) is 0.580. The highest BCUT2D eigenvalue weighted by atomic mass is 79.9. The fourth-order valence-corrected chi connectivity index (χ4v) is 0.945. The van der Waals surface area contributed by atoms with Crippen molar-refractivity contribution in [2.45, 2.75) is 0 Å². The minimum atomic E-state index is 0.611. The van der Waals surface area contributed by atoms with Crippen molar-refractivity contribution in [3.8, 4) is 0 Å². The smallest absolute Gasteiger partial charge is 0.202 e. The average Bonchev–Trinajstić information content (AvgIpc) is 1.89. The molecule has 1 rings (SSSR count). The summed E-state index contributed by atoms with van der Waals surface area (Å²) in [5, 5.41) is 0. The molecule has 4 heteroatoms. The standard InChI is InChI=1S/C5H7BrN2O/c1-9-5-2-3-7-4-8(5)6/h2-3H,4H2,1H3. The molecule has 0 unspecified atom stereocenters. The monoisotopic (exact) mass is 190 g/mol. The highest BCUT2D eigenvalue weighted by Crippen LogP contribution is 2.11. The summed E-state index contributed by atoms with van der Waals surface area (Å²) in [7, 11) is 1.62. The Kier molecular flexibility index (Phi) is 2.10. The van der Waals surface area contributed by atoms with Gasteiger partial charge in [0, 0.05) is 12.3 Å². The highest BCUT2D eigenvalue weighted by Gasteiger charge is 2.05. The van der Waals surface area contributed by atoms with Crippen molar-refractivity contribution in [1.29, 1.82) is 0 Å². The maximum atomic E-state index is 4.95. The molecule has 1 aliphatic rings. The number of methoxy groups -OCH3 is 1. The highest BCUT2D eigenvalue weighted by molar-refractivity contribution is 9.07. The van der Waals surface area contributed by atoms with Crippen LogP contribution in [0.3, 0.4) is 0 Å². The lowest BCUT2D eigenvalue weighted by Gasteiger charge is -2.17. The molecule has 0 aliphatic carbocycles. The van der Waals surface area contributed by atoms with E-state index in [1.54, 1.807) is 23.3 Å². The molecule has 3 nitrogen and oxygen atoms in total. The van der Waals surface area contributed by atoms with E-state index in [2.05, 4.69) is 21.1 Å². The van der Waals surface area contributed by atoms with Crippen LogP contribution in [0, 0.1) is 0 Å². The third-order valence-electron chi connectivity index (χ3n) is 0.977. The number of halogens is 1. The second-order valence-electron chi connectivity index (χ2n) is 1.54. The van der Waals surface area contributed by atoms with Crippen LogP contribution in [0.5, 0.6) is 0 Å². The van der Waals surface area contributed by atoms with E-state index >= 15 is 0 Å². The van der Waals surface area contributed by atoms with Gasteiger partial charge in [-0.2, -0.15) is 0 Å². The predicted molar refractivity (Wildman–Crippen MR) is 39.2 cm³/mol. The molecule has 0 aromatic rings. The van der Waals surface area contributed by atoms with Crippen LogP contribution in [0.25, 0.3) is 0 Å². The van der Waals surface area contributed by atoms with Crippen LogP contribution in [0.4, 0.5) is 0 Å². The summed E-state index contributed by atoms with van der Waals surface area (Å²) in [5.41, 5.74) is 0. The van der Waals surface area contributed by atoms with Crippen molar-refractivity contribution in [3.05, 3.63) is 12.0 Å². The van der Waals surface area contributed by atoms with Crippen molar-refractivity contribution >= 4 is 22.4 Å². The van der Waals surface area contributed by atoms with Crippen LogP contribution in [0.1, 0.15) is 0 Å². The molecule has 0 aromatic carbocycles. The Bertz CT molecular complexity index is 155. The fourth-order valence-electron chi connectivity index (χ4n) is 0.553. The average molecular weight is 191 g/mol. The second-order valence-corrected chi connectivity index (χ2v) is 2.40. The normalized spacial score (nSPS) is 17.6. The van der Waals surface area contributed by atoms with Crippen molar-refractivity contribution < 1.29 is 4.74 Å². The van der Waals surface area contributed by atoms with Crippen LogP contribution in [0.2, 0.25) is 0 Å². The van der Waals surface area contributed by atoms with Gasteiger partial charge in [0.2, 0.25) is 5.88 Å². The number of ether oxygens (including phenoxy) is 1. The minimum Gasteiger partial charge on any atom is -0.482 e. The van der Waals surface area contributed by atoms with Gasteiger partial charge in [-0.3, -0.25) is 8.92 Å². The zero-order valence-corrected chi connectivity index (χ0v) is 6.63. The predicted octanol–water partition coefficient (Wildman–Crippen LogP) is 1.13. The van der Waals surface area contributed by atoms with E-state index in [9.17, 15) is 0 Å². The molecule has 0 saturated heterocycles. The van der Waals surface area contributed by atoms with Crippen LogP contribution in [-0.4, -0.2) is 23.9 Å². The molecule has 9 heavy (non-hydrogen) atoms. The van der Waals surface area contributed by atoms with Crippen LogP contribution >= 0.6 is 16.1 Å². The Labute approximate surface area is 62.3 Å². The molecule has 0 spiro atoms. The second kappa shape index (κ2) is 2.87. The number of hydrogen-bond donors (Lipinski definition) is 0. The number of allylic oxidation sites excluding steroid dienone is 1. The van der Waals surface area contributed by atoms with Gasteiger partial charge in [-0.05, 0) is 0 Å². The first-order valence-electron chi connectivity index (χ1n) is 2.52. The maximum Gasteiger partial charge on any atom is 0.202 e. The molecular formula is C5H7BrN2O. The van der Waals surface area contributed by atoms with Gasteiger partial charge in [0.25, 0.3) is 0 Å². The first-order valence-corrected chi connectivity index (χ1v) is 3.23. The Balaban J connectivity index is 2.63. The summed E-state index contributed by atoms with van der Waals surface area (Å²) in [6, 6.07) is 0. The lowest BCUT2D eigenvalue weighted by molar-refractivity contribution is 0.221. The number of hydrogen-bond acceptors (Lipinski definition) is 3. The van der Waals surface area contributed by atoms with Gasteiger partial charge in [-0.1, -0.05) is 0 Å². The molecule has 0 N–H and O–H groups in total. The summed E-state index contributed by atoms with van der Waals surface area (Å²) in [6.07, 6.45) is 3.51. The Morgan fingerprint density at radius 2 is 2.67 bits per heavy atom. The van der Waals surface area contributed by atoms with Crippen LogP contribution < -0.4 is 0 Å². The van der Waals surface area contributed by atoms with Crippen molar-refractivity contribution in [2.75, 3.05) is 13.8 Å². The Morgan fingerprint density at radius 1 is 1.89 bits per heavy atom. The van der Waals surface area contributed by atoms with E-state index in [1.807, 2.05) is 0 Å². The lowest BCUT2D eigenvalue weighted by atomic mass is 10.6. The van der Waals surface area contributed by atoms with E-state index in [0.29, 0.717) is 6.67 Å². The van der Waals surface area contributed by atoms with E-state index in [4.69, 9.17) is 4.74 Å². The molecule has 0 fully saturated rings. The zero-order chi connectivity index (χ0) is 6.69. The Hall–Kier alpha value is -0.510. The summed E-state index contributed by atoms with van der Waals surface area (Å²) in [6.45, 7) is 0.611. The third-order valence-corrected chi connectivity index (χ3v) is 1.55. The van der Waals surface area contributed by atoms with Crippen LogP contribution in [0.15, 0.2) is 17.0 Å². The van der Waals surface area contributed by atoms with Crippen molar-refractivity contribution in [3.63, 3.8) is 0 Å². The minimum absolute atomic E-state index is 0.611. The molecule has 0 saturated carbocycles. The van der Waals surface area contributed by atoms with Crippen molar-refractivity contribution in [2.24, 2.45) is 4.99 Å². The van der Waals surface area contributed by atoms with Gasteiger partial charge in [-0.25, -0.2) is 0 Å². The molecule has 0 amide bonds. The number of rotatable bonds is 1. The van der Waals surface area contributed by atoms with Crippen LogP contribution in [-0.2, 0) is 4.74 Å². The molecule has 0 aromatic heterocycles. The van der Waals surface area contributed by atoms with E-state index in [1.165, 1.54) is 0 Å². The van der Waals surface area contributed by atoms with E-state index in [-0.39, 0.29) is 0 Å². The topological polar surface area (TPSA) is 24.8 Å². The SMILES string of the molecule is COC1=CC=NCN1Br. The van der Waals surface area contributed by atoms with Gasteiger partial charge in [-0.15, -0.1) is 0 Å². The fraction of sp³-hybridized carbons (Fsp3) is 0.400. The molecule has 0 bridgehead atoms. The van der Waals surface area contributed by atoms with Gasteiger partial charge in [0.15, 0.2) is 0 Å². The molecule has 50 valence electrons. The molecular weight excluding hydrogens is 184 g/mol. The molecule has 0 atom stereocenters. The summed E-state index contributed by atoms with van der Waals surface area (Å²) in [5.74, 6) is 0.782. The largest absolute Gasteiger partial charge is 0.482 e. The van der Waals surface area contributed by atoms with Gasteiger partial charge in [0.1, 0.15) is 6.67 Å². The first-order chi connectivity index (χ1) is 4.34. The third kappa shape index (κ3) is 1.45. The van der Waals surface area contributed by atoms with E-state index < -0.39 is 0 Å². The zero-order valence-electron chi connectivity index (χ0n) is 5.04. The summed E-state index contributed by atoms with van der Waals surface area (Å²) >= 11 is 3.24. The lowest BCUT2D eigenvalue weighted by Crippen LogP contribution is -2.15. The molecule has 0 radical (unpaired) electrons. The number of aliphatic imine (C=N–C) groups is 1.